The molecule has 4 rings (SSSR count). The Morgan fingerprint density at radius 2 is 1.86 bits per heavy atom. The Bertz CT molecular complexity index is 1090. The molecule has 2 aliphatic rings. The fourth-order valence-electron chi connectivity index (χ4n) is 4.63. The van der Waals surface area contributed by atoms with E-state index in [2.05, 4.69) is 4.72 Å². The zero-order valence-electron chi connectivity index (χ0n) is 18.9. The topological polar surface area (TPSA) is 75.6 Å². The number of alkyl halides is 2. The number of nitrogens with one attached hydrogen (secondary N) is 1. The molecule has 3 atom stereocenters. The number of likely N-dealkylation sites (tertiary alicyclic amines) is 1. The van der Waals surface area contributed by atoms with E-state index in [4.69, 9.17) is 0 Å². The molecule has 1 aliphatic heterocycles. The average Bonchev–Trinajstić information content (AvgIpc) is 3.01. The molecule has 2 N–H and O–H groups in total. The van der Waals surface area contributed by atoms with Crippen LogP contribution in [0.4, 0.5) is 22.0 Å². The van der Waals surface area contributed by atoms with Crippen molar-refractivity contribution < 1.29 is 36.4 Å². The summed E-state index contributed by atoms with van der Waals surface area (Å²) in [6.45, 7) is 0.514. The van der Waals surface area contributed by atoms with Gasteiger partial charge in [0.2, 0.25) is 0 Å². The van der Waals surface area contributed by atoms with E-state index >= 15 is 13.2 Å². The van der Waals surface area contributed by atoms with Crippen molar-refractivity contribution in [3.05, 3.63) is 59.4 Å². The second kappa shape index (κ2) is 9.68. The molecule has 0 bridgehead atoms. The average molecular weight is 517 g/mol. The Hall–Kier alpha value is -2.21. The quantitative estimate of drug-likeness (QED) is 0.435. The van der Waals surface area contributed by atoms with Gasteiger partial charge >= 0.3 is 0 Å². The molecule has 0 spiro atoms. The summed E-state index contributed by atoms with van der Waals surface area (Å²) < 4.78 is 87.5. The first-order valence-corrected chi connectivity index (χ1v) is 12.6. The first-order valence-electron chi connectivity index (χ1n) is 11.2. The molecule has 35 heavy (non-hydrogen) atoms. The van der Waals surface area contributed by atoms with Crippen molar-refractivity contribution >= 4 is 17.3 Å². The number of halogens is 5. The second-order valence-corrected chi connectivity index (χ2v) is 10.5. The number of hydrogen-bond acceptors (Lipinski definition) is 4. The Labute approximate surface area is 202 Å². The first kappa shape index (κ1) is 25.9. The molecule has 1 aliphatic carbocycles. The van der Waals surface area contributed by atoms with Crippen LogP contribution in [0.25, 0.3) is 11.1 Å². The number of rotatable bonds is 7. The van der Waals surface area contributed by atoms with Crippen molar-refractivity contribution in [1.82, 2.24) is 9.62 Å². The van der Waals surface area contributed by atoms with E-state index in [0.29, 0.717) is 12.5 Å². The normalized spacial score (nSPS) is 23.7. The van der Waals surface area contributed by atoms with E-state index in [0.717, 1.165) is 17.0 Å². The van der Waals surface area contributed by atoms with Gasteiger partial charge in [0.05, 0.1) is 12.6 Å². The van der Waals surface area contributed by atoms with E-state index in [9.17, 15) is 23.2 Å². The molecule has 2 aromatic carbocycles. The van der Waals surface area contributed by atoms with Gasteiger partial charge in [-0.3, -0.25) is 4.79 Å². The number of hydrogen-bond donors (Lipinski definition) is 2. The van der Waals surface area contributed by atoms with Crippen LogP contribution < -0.4 is 4.72 Å². The summed E-state index contributed by atoms with van der Waals surface area (Å²) in [6, 6.07) is 3.51. The SMILES string of the molecule is CC[S+]([O-])N[C@@H]1[C@H](Cc2cccc(-c3cc(F)cc(F)c3)c2F)N(C(=O)C2(O)CCC2)CC1(F)F. The molecule has 1 saturated carbocycles. The zero-order chi connectivity index (χ0) is 25.5. The van der Waals surface area contributed by atoms with Crippen LogP contribution in [0.5, 0.6) is 0 Å². The number of benzene rings is 2. The maximum Gasteiger partial charge on any atom is 0.286 e. The number of carbonyl (C=O) groups excluding carboxylic acids is 1. The van der Waals surface area contributed by atoms with Gasteiger partial charge in [-0.1, -0.05) is 18.2 Å². The number of amides is 1. The maximum absolute atomic E-state index is 15.5. The third-order valence-electron chi connectivity index (χ3n) is 6.66. The second-order valence-electron chi connectivity index (χ2n) is 9.02. The van der Waals surface area contributed by atoms with Crippen LogP contribution in [0, 0.1) is 17.5 Å². The van der Waals surface area contributed by atoms with Gasteiger partial charge < -0.3 is 14.6 Å². The van der Waals surface area contributed by atoms with Gasteiger partial charge in [-0.15, -0.1) is 4.72 Å². The lowest BCUT2D eigenvalue weighted by Gasteiger charge is -2.40. The fourth-order valence-corrected chi connectivity index (χ4v) is 5.41. The Balaban J connectivity index is 1.72. The summed E-state index contributed by atoms with van der Waals surface area (Å²) in [6.07, 6.45) is 0.441. The third-order valence-corrected chi connectivity index (χ3v) is 7.70. The van der Waals surface area contributed by atoms with Crippen molar-refractivity contribution in [2.45, 2.75) is 56.2 Å². The van der Waals surface area contributed by atoms with Crippen molar-refractivity contribution in [2.75, 3.05) is 12.3 Å². The molecule has 1 saturated heterocycles. The molecule has 190 valence electrons. The molecule has 11 heteroatoms. The largest absolute Gasteiger partial charge is 0.598 e. The molecule has 2 aromatic rings. The highest BCUT2D eigenvalue weighted by Crippen LogP contribution is 2.41. The van der Waals surface area contributed by atoms with Crippen LogP contribution in [0.1, 0.15) is 31.7 Å². The molecule has 1 amide bonds. The fraction of sp³-hybridized carbons (Fsp3) is 0.458. The van der Waals surface area contributed by atoms with E-state index < -0.39 is 71.3 Å². The zero-order valence-corrected chi connectivity index (χ0v) is 19.7. The standard InChI is InChI=1S/C24H25F5N2O3S/c1-2-35(34)30-21-19(31(13-24(21,28)29)22(32)23(33)7-4-8-23)11-14-5-3-6-18(20(14)27)15-9-16(25)12-17(26)10-15/h3,5-6,9-10,12,19,21,30,33H,2,4,7-8,11,13H2,1H3/t19-,21+,35?/m0/s1. The van der Waals surface area contributed by atoms with Crippen LogP contribution in [-0.2, 0) is 22.6 Å². The van der Waals surface area contributed by atoms with Gasteiger partial charge in [-0.25, -0.2) is 22.0 Å². The van der Waals surface area contributed by atoms with Crippen molar-refractivity contribution in [2.24, 2.45) is 0 Å². The van der Waals surface area contributed by atoms with Crippen LogP contribution >= 0.6 is 0 Å². The van der Waals surface area contributed by atoms with E-state index in [-0.39, 0.29) is 35.3 Å². The molecule has 2 fully saturated rings. The highest BCUT2D eigenvalue weighted by molar-refractivity contribution is 7.89. The van der Waals surface area contributed by atoms with Crippen molar-refractivity contribution in [3.8, 4) is 11.1 Å². The summed E-state index contributed by atoms with van der Waals surface area (Å²) >= 11 is -1.83. The number of aliphatic hydroxyl groups is 1. The maximum atomic E-state index is 15.5. The van der Waals surface area contributed by atoms with E-state index in [1.165, 1.54) is 25.1 Å². The van der Waals surface area contributed by atoms with Crippen LogP contribution in [0.15, 0.2) is 36.4 Å². The summed E-state index contributed by atoms with van der Waals surface area (Å²) in [5.41, 5.74) is -2.03. The van der Waals surface area contributed by atoms with E-state index in [1.54, 1.807) is 0 Å². The molecular weight excluding hydrogens is 491 g/mol. The number of nitrogens with zero attached hydrogens (tertiary/aromatic N) is 1. The van der Waals surface area contributed by atoms with Gasteiger partial charge in [-0.2, -0.15) is 0 Å². The van der Waals surface area contributed by atoms with Gasteiger partial charge in [0.25, 0.3) is 11.8 Å². The monoisotopic (exact) mass is 516 g/mol. The van der Waals surface area contributed by atoms with E-state index in [1.807, 2.05) is 0 Å². The molecule has 0 radical (unpaired) electrons. The summed E-state index contributed by atoms with van der Waals surface area (Å²) in [7, 11) is 0. The smallest absolute Gasteiger partial charge is 0.286 e. The molecule has 0 aromatic heterocycles. The molecule has 1 unspecified atom stereocenters. The van der Waals surface area contributed by atoms with Crippen LogP contribution in [0.3, 0.4) is 0 Å². The minimum absolute atomic E-state index is 0.0339. The number of carbonyl (C=O) groups is 1. The van der Waals surface area contributed by atoms with Gasteiger partial charge in [0.1, 0.15) is 34.8 Å². The minimum atomic E-state index is -3.50. The Morgan fingerprint density at radius 3 is 2.43 bits per heavy atom. The highest BCUT2D eigenvalue weighted by atomic mass is 32.2. The lowest BCUT2D eigenvalue weighted by molar-refractivity contribution is -0.162. The van der Waals surface area contributed by atoms with Gasteiger partial charge in [-0.05, 0) is 55.9 Å². The first-order chi connectivity index (χ1) is 16.4. The predicted molar refractivity (Wildman–Crippen MR) is 120 cm³/mol. The van der Waals surface area contributed by atoms with Gasteiger partial charge in [0.15, 0.2) is 0 Å². The van der Waals surface area contributed by atoms with Crippen LogP contribution in [0.2, 0.25) is 0 Å². The molecule has 5 nitrogen and oxygen atoms in total. The summed E-state index contributed by atoms with van der Waals surface area (Å²) in [4.78, 5) is 13.9. The highest BCUT2D eigenvalue weighted by Gasteiger charge is 2.60. The van der Waals surface area contributed by atoms with Crippen molar-refractivity contribution in [1.29, 1.82) is 0 Å². The Morgan fingerprint density at radius 1 is 1.20 bits per heavy atom. The van der Waals surface area contributed by atoms with Gasteiger partial charge in [0, 0.05) is 23.0 Å². The van der Waals surface area contributed by atoms with Crippen LogP contribution in [-0.4, -0.2) is 56.4 Å². The third kappa shape index (κ3) is 5.04. The lowest BCUT2D eigenvalue weighted by Crippen LogP contribution is -2.57. The molecular formula is C24H25F5N2O3S. The Kier molecular flexibility index (Phi) is 7.16. The summed E-state index contributed by atoms with van der Waals surface area (Å²) in [5.74, 6) is -7.02. The molecule has 1 heterocycles. The minimum Gasteiger partial charge on any atom is -0.598 e. The predicted octanol–water partition coefficient (Wildman–Crippen LogP) is 3.72. The lowest BCUT2D eigenvalue weighted by atomic mass is 9.79. The van der Waals surface area contributed by atoms with Crippen molar-refractivity contribution in [3.63, 3.8) is 0 Å². The summed E-state index contributed by atoms with van der Waals surface area (Å²) in [5, 5.41) is 10.5.